The van der Waals surface area contributed by atoms with Gasteiger partial charge in [-0.25, -0.2) is 4.98 Å². The number of hydrogen-bond donors (Lipinski definition) is 2. The SMILES string of the molecule is CCCC=O.CCNc1nc(SC)sc1/C(C=N)=C/Cc1ccccc1. The van der Waals surface area contributed by atoms with Crippen LogP contribution in [0.5, 0.6) is 0 Å². The van der Waals surface area contributed by atoms with Crippen molar-refractivity contribution in [2.75, 3.05) is 18.1 Å². The number of aldehydes is 1. The zero-order valence-corrected chi connectivity index (χ0v) is 17.3. The van der Waals surface area contributed by atoms with E-state index in [4.69, 9.17) is 5.41 Å². The number of aromatic nitrogens is 1. The summed E-state index contributed by atoms with van der Waals surface area (Å²) < 4.78 is 1.02. The molecule has 1 aromatic heterocycles. The van der Waals surface area contributed by atoms with Crippen LogP contribution in [0.3, 0.4) is 0 Å². The number of nitrogens with one attached hydrogen (secondary N) is 2. The second-order valence-corrected chi connectivity index (χ2v) is 7.39. The number of rotatable bonds is 9. The number of unbranched alkanes of at least 4 members (excludes halogenated alkanes) is 1. The molecule has 2 N–H and O–H groups in total. The van der Waals surface area contributed by atoms with E-state index in [0.717, 1.165) is 46.3 Å². The molecule has 2 aromatic rings. The summed E-state index contributed by atoms with van der Waals surface area (Å²) in [6.07, 6.45) is 8.98. The largest absolute Gasteiger partial charge is 0.369 e. The topological polar surface area (TPSA) is 65.8 Å². The van der Waals surface area contributed by atoms with Gasteiger partial charge in [-0.15, -0.1) is 11.3 Å². The Morgan fingerprint density at radius 1 is 1.31 bits per heavy atom. The van der Waals surface area contributed by atoms with Crippen LogP contribution < -0.4 is 5.32 Å². The molecule has 1 aromatic carbocycles. The first-order chi connectivity index (χ1) is 12.7. The molecule has 0 saturated heterocycles. The zero-order chi connectivity index (χ0) is 19.2. The van der Waals surface area contributed by atoms with E-state index in [1.807, 2.05) is 31.4 Å². The van der Waals surface area contributed by atoms with Gasteiger partial charge in [0.15, 0.2) is 4.34 Å². The van der Waals surface area contributed by atoms with Gasteiger partial charge in [0.05, 0.1) is 4.88 Å². The number of nitrogens with zero attached hydrogens (tertiary/aromatic N) is 1. The van der Waals surface area contributed by atoms with E-state index in [1.54, 1.807) is 23.1 Å². The minimum Gasteiger partial charge on any atom is -0.369 e. The van der Waals surface area contributed by atoms with Gasteiger partial charge in [-0.3, -0.25) is 0 Å². The van der Waals surface area contributed by atoms with Crippen molar-refractivity contribution >= 4 is 47.0 Å². The van der Waals surface area contributed by atoms with Gasteiger partial charge in [0.1, 0.15) is 12.1 Å². The highest BCUT2D eigenvalue weighted by molar-refractivity contribution is 8.00. The van der Waals surface area contributed by atoms with Crippen molar-refractivity contribution in [1.29, 1.82) is 5.41 Å². The van der Waals surface area contributed by atoms with Crippen LogP contribution in [-0.2, 0) is 11.2 Å². The molecule has 4 nitrogen and oxygen atoms in total. The van der Waals surface area contributed by atoms with Gasteiger partial charge in [0, 0.05) is 24.8 Å². The monoisotopic (exact) mass is 389 g/mol. The smallest absolute Gasteiger partial charge is 0.152 e. The number of carbonyl (C=O) groups is 1. The first kappa shape index (κ1) is 22.1. The Kier molecular flexibility index (Phi) is 11.3. The number of benzene rings is 1. The van der Waals surface area contributed by atoms with E-state index in [2.05, 4.69) is 35.4 Å². The van der Waals surface area contributed by atoms with E-state index in [-0.39, 0.29) is 0 Å². The van der Waals surface area contributed by atoms with E-state index < -0.39 is 0 Å². The van der Waals surface area contributed by atoms with Crippen LogP contribution in [0.15, 0.2) is 40.7 Å². The molecule has 0 fully saturated rings. The highest BCUT2D eigenvalue weighted by Crippen LogP contribution is 2.33. The summed E-state index contributed by atoms with van der Waals surface area (Å²) in [6.45, 7) is 4.86. The number of hydrogen-bond acceptors (Lipinski definition) is 6. The van der Waals surface area contributed by atoms with Gasteiger partial charge >= 0.3 is 0 Å². The lowest BCUT2D eigenvalue weighted by atomic mass is 10.1. The van der Waals surface area contributed by atoms with Crippen LogP contribution in [0.2, 0.25) is 0 Å². The number of allylic oxidation sites excluding steroid dienone is 2. The molecule has 0 spiro atoms. The Labute approximate surface area is 164 Å². The van der Waals surface area contributed by atoms with Crippen LogP contribution in [0.1, 0.15) is 37.1 Å². The van der Waals surface area contributed by atoms with E-state index in [1.165, 1.54) is 11.8 Å². The number of thioether (sulfide) groups is 1. The normalized spacial score (nSPS) is 10.7. The minimum atomic E-state index is 0.708. The molecule has 1 heterocycles. The summed E-state index contributed by atoms with van der Waals surface area (Å²) in [4.78, 5) is 15.0. The number of carbonyl (C=O) groups excluding carboxylic acids is 1. The molecule has 2 rings (SSSR count). The molecule has 0 aliphatic rings. The Bertz CT molecular complexity index is 696. The lowest BCUT2D eigenvalue weighted by molar-refractivity contribution is -0.107. The fourth-order valence-corrected chi connectivity index (χ4v) is 3.60. The summed E-state index contributed by atoms with van der Waals surface area (Å²) in [6, 6.07) is 10.3. The van der Waals surface area contributed by atoms with Gasteiger partial charge in [-0.05, 0) is 31.6 Å². The second-order valence-electron chi connectivity index (χ2n) is 5.34. The summed E-state index contributed by atoms with van der Waals surface area (Å²) in [7, 11) is 0. The highest BCUT2D eigenvalue weighted by Gasteiger charge is 2.13. The molecule has 140 valence electrons. The van der Waals surface area contributed by atoms with Crippen molar-refractivity contribution in [3.8, 4) is 0 Å². The molecule has 0 bridgehead atoms. The van der Waals surface area contributed by atoms with Crippen molar-refractivity contribution in [2.45, 2.75) is 37.4 Å². The Morgan fingerprint density at radius 3 is 2.54 bits per heavy atom. The molecule has 26 heavy (non-hydrogen) atoms. The molecule has 0 aliphatic carbocycles. The lowest BCUT2D eigenvalue weighted by Gasteiger charge is -2.04. The fourth-order valence-electron chi connectivity index (χ4n) is 2.05. The predicted octanol–water partition coefficient (Wildman–Crippen LogP) is 5.56. The maximum absolute atomic E-state index is 9.40. The first-order valence-corrected chi connectivity index (χ1v) is 10.7. The first-order valence-electron chi connectivity index (χ1n) is 8.67. The lowest BCUT2D eigenvalue weighted by Crippen LogP contribution is -2.00. The van der Waals surface area contributed by atoms with Gasteiger partial charge in [0.2, 0.25) is 0 Å². The van der Waals surface area contributed by atoms with Crippen molar-refractivity contribution in [2.24, 2.45) is 0 Å². The van der Waals surface area contributed by atoms with Crippen molar-refractivity contribution in [3.05, 3.63) is 46.8 Å². The average Bonchev–Trinajstić information content (AvgIpc) is 3.08. The third-order valence-corrected chi connectivity index (χ3v) is 5.44. The van der Waals surface area contributed by atoms with Crippen LogP contribution in [0.25, 0.3) is 5.57 Å². The molecular formula is C20H27N3OS2. The minimum absolute atomic E-state index is 0.708. The average molecular weight is 390 g/mol. The van der Waals surface area contributed by atoms with Crippen molar-refractivity contribution in [3.63, 3.8) is 0 Å². The molecule has 0 saturated carbocycles. The molecule has 0 unspecified atom stereocenters. The summed E-state index contributed by atoms with van der Waals surface area (Å²) in [5.41, 5.74) is 2.17. The van der Waals surface area contributed by atoms with E-state index in [9.17, 15) is 4.79 Å². The molecule has 0 amide bonds. The van der Waals surface area contributed by atoms with Gasteiger partial charge in [-0.2, -0.15) is 0 Å². The quantitative estimate of drug-likeness (QED) is 0.335. The predicted molar refractivity (Wildman–Crippen MR) is 116 cm³/mol. The van der Waals surface area contributed by atoms with Crippen LogP contribution in [0.4, 0.5) is 5.82 Å². The molecule has 0 radical (unpaired) electrons. The molecule has 0 aliphatic heterocycles. The molecular weight excluding hydrogens is 362 g/mol. The molecule has 6 heteroatoms. The zero-order valence-electron chi connectivity index (χ0n) is 15.6. The van der Waals surface area contributed by atoms with E-state index >= 15 is 0 Å². The standard InChI is InChI=1S/C16H19N3S2.C4H8O/c1-3-18-15-14(21-16(19-15)20-2)13(11-17)10-9-12-7-5-4-6-8-12;1-2-3-4-5/h4-8,10-11,17-18H,3,9H2,1-2H3;4H,2-3H2,1H3/b13-10+,17-11?;. The van der Waals surface area contributed by atoms with Gasteiger partial charge < -0.3 is 15.5 Å². The summed E-state index contributed by atoms with van der Waals surface area (Å²) in [5, 5.41) is 11.0. The third kappa shape index (κ3) is 7.54. The van der Waals surface area contributed by atoms with Crippen LogP contribution >= 0.6 is 23.1 Å². The van der Waals surface area contributed by atoms with Crippen LogP contribution in [-0.4, -0.2) is 30.3 Å². The van der Waals surface area contributed by atoms with Crippen LogP contribution in [0, 0.1) is 5.41 Å². The number of anilines is 1. The maximum atomic E-state index is 9.40. The van der Waals surface area contributed by atoms with Gasteiger partial charge in [-0.1, -0.05) is 55.1 Å². The number of thiazole rings is 1. The Hall–Kier alpha value is -1.92. The summed E-state index contributed by atoms with van der Waals surface area (Å²) >= 11 is 3.27. The van der Waals surface area contributed by atoms with E-state index in [0.29, 0.717) is 6.42 Å². The Morgan fingerprint density at radius 2 is 2.04 bits per heavy atom. The summed E-state index contributed by atoms with van der Waals surface area (Å²) in [5.74, 6) is 0.884. The van der Waals surface area contributed by atoms with Crippen molar-refractivity contribution < 1.29 is 4.79 Å². The fraction of sp³-hybridized carbons (Fsp3) is 0.350. The van der Waals surface area contributed by atoms with Crippen molar-refractivity contribution in [1.82, 2.24) is 4.98 Å². The maximum Gasteiger partial charge on any atom is 0.152 e. The highest BCUT2D eigenvalue weighted by atomic mass is 32.2. The van der Waals surface area contributed by atoms with Gasteiger partial charge in [0.25, 0.3) is 0 Å². The second kappa shape index (κ2) is 13.3. The molecule has 0 atom stereocenters. The Balaban J connectivity index is 0.000000597. The third-order valence-electron chi connectivity index (χ3n) is 3.35.